The molecule has 0 aliphatic heterocycles. The number of carbonyl (C=O) groups is 1. The number of carboxylic acids is 1. The van der Waals surface area contributed by atoms with Crippen LogP contribution in [0.15, 0.2) is 30.6 Å². The van der Waals surface area contributed by atoms with E-state index < -0.39 is 11.5 Å². The van der Waals surface area contributed by atoms with E-state index in [0.29, 0.717) is 12.8 Å². The summed E-state index contributed by atoms with van der Waals surface area (Å²) in [5, 5.41) is 12.6. The summed E-state index contributed by atoms with van der Waals surface area (Å²) in [6.45, 7) is 0. The van der Waals surface area contributed by atoms with E-state index in [-0.39, 0.29) is 6.04 Å². The fraction of sp³-hybridized carbons (Fsp3) is 0.467. The van der Waals surface area contributed by atoms with E-state index in [1.54, 1.807) is 7.05 Å². The molecule has 1 aliphatic rings. The zero-order valence-electron chi connectivity index (χ0n) is 11.5. The number of likely N-dealkylation sites (N-methyl/N-ethyl adjacent to an activating group) is 1. The molecule has 0 radical (unpaired) electrons. The molecule has 3 rings (SSSR count). The van der Waals surface area contributed by atoms with Gasteiger partial charge in [-0.2, -0.15) is 0 Å². The third kappa shape index (κ3) is 1.98. The smallest absolute Gasteiger partial charge is 0.323 e. The molecule has 2 aromatic rings. The number of nitrogens with zero attached hydrogens (tertiary/aromatic N) is 2. The minimum Gasteiger partial charge on any atom is -0.480 e. The molecule has 2 atom stereocenters. The van der Waals surface area contributed by atoms with Crippen LogP contribution in [0.25, 0.3) is 11.0 Å². The molecule has 2 unspecified atom stereocenters. The minimum absolute atomic E-state index is 0.180. The summed E-state index contributed by atoms with van der Waals surface area (Å²) in [4.78, 5) is 16.0. The van der Waals surface area contributed by atoms with Gasteiger partial charge in [0.15, 0.2) is 0 Å². The Balaban J connectivity index is 1.96. The molecule has 1 aliphatic carbocycles. The highest BCUT2D eigenvalue weighted by Gasteiger charge is 2.42. The van der Waals surface area contributed by atoms with Gasteiger partial charge in [-0.05, 0) is 44.9 Å². The second-order valence-electron chi connectivity index (χ2n) is 5.53. The van der Waals surface area contributed by atoms with Crippen molar-refractivity contribution in [1.29, 1.82) is 0 Å². The van der Waals surface area contributed by atoms with Crippen LogP contribution in [0.4, 0.5) is 0 Å². The van der Waals surface area contributed by atoms with E-state index in [1.807, 2.05) is 30.6 Å². The first-order valence-electron chi connectivity index (χ1n) is 7.00. The van der Waals surface area contributed by atoms with Gasteiger partial charge in [-0.3, -0.25) is 4.79 Å². The lowest BCUT2D eigenvalue weighted by molar-refractivity contribution is -0.146. The van der Waals surface area contributed by atoms with Crippen LogP contribution in [0.3, 0.4) is 0 Å². The average molecular weight is 273 g/mol. The molecular formula is C15H19N3O2. The highest BCUT2D eigenvalue weighted by molar-refractivity contribution is 5.79. The van der Waals surface area contributed by atoms with Crippen molar-refractivity contribution in [2.45, 2.75) is 37.3 Å². The van der Waals surface area contributed by atoms with E-state index in [2.05, 4.69) is 14.9 Å². The highest BCUT2D eigenvalue weighted by atomic mass is 16.4. The van der Waals surface area contributed by atoms with Crippen LogP contribution in [0, 0.1) is 0 Å². The first-order valence-corrected chi connectivity index (χ1v) is 7.00. The van der Waals surface area contributed by atoms with Gasteiger partial charge in [-0.25, -0.2) is 4.98 Å². The lowest BCUT2D eigenvalue weighted by Gasteiger charge is -2.38. The van der Waals surface area contributed by atoms with Gasteiger partial charge < -0.3 is 15.0 Å². The van der Waals surface area contributed by atoms with Crippen molar-refractivity contribution < 1.29 is 9.90 Å². The van der Waals surface area contributed by atoms with Crippen LogP contribution < -0.4 is 5.32 Å². The Morgan fingerprint density at radius 3 is 3.05 bits per heavy atom. The molecule has 5 nitrogen and oxygen atoms in total. The molecule has 20 heavy (non-hydrogen) atoms. The zero-order valence-corrected chi connectivity index (χ0v) is 11.5. The Morgan fingerprint density at radius 1 is 1.50 bits per heavy atom. The monoisotopic (exact) mass is 273 g/mol. The number of aliphatic carboxylic acids is 1. The van der Waals surface area contributed by atoms with Crippen LogP contribution in [-0.4, -0.2) is 33.2 Å². The zero-order chi connectivity index (χ0) is 14.2. The largest absolute Gasteiger partial charge is 0.480 e. The molecule has 1 saturated carbocycles. The molecular weight excluding hydrogens is 254 g/mol. The Hall–Kier alpha value is -1.88. The maximum Gasteiger partial charge on any atom is 0.323 e. The summed E-state index contributed by atoms with van der Waals surface area (Å²) in [6.07, 6.45) is 5.02. The summed E-state index contributed by atoms with van der Waals surface area (Å²) in [6, 6.07) is 8.16. The summed E-state index contributed by atoms with van der Waals surface area (Å²) in [5.74, 6) is -0.755. The van der Waals surface area contributed by atoms with Crippen molar-refractivity contribution in [1.82, 2.24) is 14.9 Å². The maximum absolute atomic E-state index is 11.6. The van der Waals surface area contributed by atoms with Gasteiger partial charge in [0.05, 0.1) is 17.4 Å². The number of benzene rings is 1. The molecule has 1 fully saturated rings. The molecule has 5 heteroatoms. The van der Waals surface area contributed by atoms with Crippen LogP contribution >= 0.6 is 0 Å². The van der Waals surface area contributed by atoms with Crippen molar-refractivity contribution in [3.8, 4) is 0 Å². The van der Waals surface area contributed by atoms with Crippen molar-refractivity contribution in [3.05, 3.63) is 30.6 Å². The summed E-state index contributed by atoms with van der Waals surface area (Å²) in [5.41, 5.74) is 1.23. The highest BCUT2D eigenvalue weighted by Crippen LogP contribution is 2.37. The minimum atomic E-state index is -0.811. The SMILES string of the molecule is CNC1(C(=O)O)CCCC(n2cnc3ccccc32)C1. The lowest BCUT2D eigenvalue weighted by Crippen LogP contribution is -2.53. The summed E-state index contributed by atoms with van der Waals surface area (Å²) >= 11 is 0. The Morgan fingerprint density at radius 2 is 2.30 bits per heavy atom. The molecule has 0 amide bonds. The fourth-order valence-electron chi connectivity index (χ4n) is 3.28. The van der Waals surface area contributed by atoms with Crippen molar-refractivity contribution in [2.24, 2.45) is 0 Å². The van der Waals surface area contributed by atoms with Gasteiger partial charge in [0.2, 0.25) is 0 Å². The van der Waals surface area contributed by atoms with Gasteiger partial charge >= 0.3 is 5.97 Å². The Labute approximate surface area is 117 Å². The van der Waals surface area contributed by atoms with Crippen LogP contribution in [0.5, 0.6) is 0 Å². The van der Waals surface area contributed by atoms with E-state index in [9.17, 15) is 9.90 Å². The Kier molecular flexibility index (Phi) is 3.22. The van der Waals surface area contributed by atoms with E-state index in [0.717, 1.165) is 23.9 Å². The van der Waals surface area contributed by atoms with Crippen molar-refractivity contribution in [2.75, 3.05) is 7.05 Å². The quantitative estimate of drug-likeness (QED) is 0.899. The van der Waals surface area contributed by atoms with Crippen LogP contribution in [-0.2, 0) is 4.79 Å². The number of imidazole rings is 1. The van der Waals surface area contributed by atoms with E-state index in [1.165, 1.54) is 0 Å². The molecule has 0 saturated heterocycles. The number of nitrogens with one attached hydrogen (secondary N) is 1. The standard InChI is InChI=1S/C15H19N3O2/c1-16-15(14(19)20)8-4-5-11(9-15)18-10-17-12-6-2-3-7-13(12)18/h2-3,6-7,10-11,16H,4-5,8-9H2,1H3,(H,19,20). The van der Waals surface area contributed by atoms with Gasteiger partial charge in [0.25, 0.3) is 0 Å². The number of fused-ring (bicyclic) bond motifs is 1. The first-order chi connectivity index (χ1) is 9.66. The van der Waals surface area contributed by atoms with Gasteiger partial charge in [0.1, 0.15) is 5.54 Å². The second-order valence-corrected chi connectivity index (χ2v) is 5.53. The number of hydrogen-bond acceptors (Lipinski definition) is 3. The lowest BCUT2D eigenvalue weighted by atomic mass is 9.79. The molecule has 1 aromatic heterocycles. The molecule has 1 heterocycles. The van der Waals surface area contributed by atoms with Crippen molar-refractivity contribution in [3.63, 3.8) is 0 Å². The fourth-order valence-corrected chi connectivity index (χ4v) is 3.28. The summed E-state index contributed by atoms with van der Waals surface area (Å²) in [7, 11) is 1.74. The predicted molar refractivity (Wildman–Crippen MR) is 76.7 cm³/mol. The molecule has 2 N–H and O–H groups in total. The molecule has 0 spiro atoms. The molecule has 106 valence electrons. The Bertz CT molecular complexity index is 637. The first kappa shape index (κ1) is 13.1. The second kappa shape index (κ2) is 4.90. The van der Waals surface area contributed by atoms with Crippen LogP contribution in [0.1, 0.15) is 31.7 Å². The number of aromatic nitrogens is 2. The predicted octanol–water partition coefficient (Wildman–Crippen LogP) is 2.19. The molecule has 0 bridgehead atoms. The normalized spacial score (nSPS) is 26.8. The van der Waals surface area contributed by atoms with Crippen LogP contribution in [0.2, 0.25) is 0 Å². The van der Waals surface area contributed by atoms with E-state index in [4.69, 9.17) is 0 Å². The third-order valence-electron chi connectivity index (χ3n) is 4.49. The number of carboxylic acid groups (broad SMARTS) is 1. The van der Waals surface area contributed by atoms with Gasteiger partial charge in [-0.15, -0.1) is 0 Å². The maximum atomic E-state index is 11.6. The number of rotatable bonds is 3. The van der Waals surface area contributed by atoms with Gasteiger partial charge in [-0.1, -0.05) is 12.1 Å². The third-order valence-corrected chi connectivity index (χ3v) is 4.49. The molecule has 1 aromatic carbocycles. The number of hydrogen-bond donors (Lipinski definition) is 2. The average Bonchev–Trinajstić information content (AvgIpc) is 2.91. The number of para-hydroxylation sites is 2. The van der Waals surface area contributed by atoms with Gasteiger partial charge in [0, 0.05) is 6.04 Å². The summed E-state index contributed by atoms with van der Waals surface area (Å²) < 4.78 is 2.13. The topological polar surface area (TPSA) is 67.2 Å². The van der Waals surface area contributed by atoms with E-state index >= 15 is 0 Å². The van der Waals surface area contributed by atoms with Crippen molar-refractivity contribution >= 4 is 17.0 Å².